The summed E-state index contributed by atoms with van der Waals surface area (Å²) in [6, 6.07) is 15.9. The van der Waals surface area contributed by atoms with Gasteiger partial charge in [-0.3, -0.25) is 9.89 Å². The summed E-state index contributed by atoms with van der Waals surface area (Å²) >= 11 is 5.93. The number of hydrogen-bond acceptors (Lipinski definition) is 4. The maximum atomic E-state index is 14.5. The summed E-state index contributed by atoms with van der Waals surface area (Å²) in [7, 11) is 0. The topological polar surface area (TPSA) is 75.0 Å². The summed E-state index contributed by atoms with van der Waals surface area (Å²) in [6.45, 7) is 0.790. The Hall–Kier alpha value is -3.45. The Morgan fingerprint density at radius 2 is 2.00 bits per heavy atom. The van der Waals surface area contributed by atoms with Crippen LogP contribution in [0.1, 0.15) is 21.7 Å². The third kappa shape index (κ3) is 3.17. The second-order valence-electron chi connectivity index (χ2n) is 7.05. The number of fused-ring (bicyclic) bond motifs is 1. The van der Waals surface area contributed by atoms with E-state index < -0.39 is 5.82 Å². The Morgan fingerprint density at radius 3 is 2.83 bits per heavy atom. The van der Waals surface area contributed by atoms with E-state index in [1.165, 1.54) is 6.07 Å². The summed E-state index contributed by atoms with van der Waals surface area (Å²) in [4.78, 5) is 14.7. The van der Waals surface area contributed by atoms with Crippen molar-refractivity contribution in [2.75, 3.05) is 6.54 Å². The number of carbonyl (C=O) groups is 1. The van der Waals surface area contributed by atoms with E-state index in [0.717, 1.165) is 16.8 Å². The zero-order valence-electron chi connectivity index (χ0n) is 15.7. The number of hydrogen-bond donors (Lipinski definition) is 1. The highest BCUT2D eigenvalue weighted by Crippen LogP contribution is 2.33. The van der Waals surface area contributed by atoms with Gasteiger partial charge in [-0.05, 0) is 12.1 Å². The molecule has 0 saturated heterocycles. The lowest BCUT2D eigenvalue weighted by atomic mass is 10.0. The average molecular weight is 423 g/mol. The van der Waals surface area contributed by atoms with E-state index in [4.69, 9.17) is 16.1 Å². The molecule has 5 rings (SSSR count). The van der Waals surface area contributed by atoms with Crippen LogP contribution in [0.25, 0.3) is 22.6 Å². The fourth-order valence-corrected chi connectivity index (χ4v) is 3.83. The van der Waals surface area contributed by atoms with Gasteiger partial charge in [0.1, 0.15) is 5.69 Å². The fraction of sp³-hybridized carbons (Fsp3) is 0.136. The molecule has 0 spiro atoms. The summed E-state index contributed by atoms with van der Waals surface area (Å²) in [5.41, 5.74) is 3.52. The van der Waals surface area contributed by atoms with Crippen LogP contribution >= 0.6 is 11.6 Å². The summed E-state index contributed by atoms with van der Waals surface area (Å²) in [5, 5.41) is 11.2. The molecule has 0 bridgehead atoms. The molecule has 6 nitrogen and oxygen atoms in total. The van der Waals surface area contributed by atoms with Crippen LogP contribution in [0.15, 0.2) is 59.1 Å². The molecule has 4 aromatic rings. The smallest absolute Gasteiger partial charge is 0.276 e. The molecule has 1 aliphatic heterocycles. The molecule has 0 fully saturated rings. The second-order valence-corrected chi connectivity index (χ2v) is 7.46. The zero-order chi connectivity index (χ0) is 20.7. The minimum Gasteiger partial charge on any atom is -0.355 e. The predicted octanol–water partition coefficient (Wildman–Crippen LogP) is 4.72. The standard InChI is InChI=1S/C22H16ClFN4O2/c23-16-8-4-7-14(20(16)24)21-15-12-28(10-9-17(15)25-26-21)22(29)18-11-19(30-27-18)13-5-2-1-3-6-13/h1-8,11H,9-10,12H2,(H,25,26). The zero-order valence-corrected chi connectivity index (χ0v) is 16.5. The molecule has 3 heterocycles. The molecule has 8 heteroatoms. The molecule has 2 aromatic heterocycles. The van der Waals surface area contributed by atoms with Crippen molar-refractivity contribution >= 4 is 17.5 Å². The Labute approximate surface area is 176 Å². The number of H-pyrrole nitrogens is 1. The molecular formula is C22H16ClFN4O2. The lowest BCUT2D eigenvalue weighted by molar-refractivity contribution is 0.0724. The number of carbonyl (C=O) groups excluding carboxylic acids is 1. The Bertz CT molecular complexity index is 1240. The molecule has 0 unspecified atom stereocenters. The molecule has 1 N–H and O–H groups in total. The quantitative estimate of drug-likeness (QED) is 0.518. The molecule has 1 aliphatic rings. The number of nitrogens with one attached hydrogen (secondary N) is 1. The van der Waals surface area contributed by atoms with Crippen LogP contribution in [0.5, 0.6) is 0 Å². The predicted molar refractivity (Wildman–Crippen MR) is 109 cm³/mol. The SMILES string of the molecule is O=C(c1cc(-c2ccccc2)on1)N1CCc2[nH]nc(-c3cccc(Cl)c3F)c2C1. The van der Waals surface area contributed by atoms with Crippen LogP contribution in [0.4, 0.5) is 4.39 Å². The first-order valence-electron chi connectivity index (χ1n) is 9.43. The number of amides is 1. The van der Waals surface area contributed by atoms with Crippen molar-refractivity contribution in [3.8, 4) is 22.6 Å². The number of benzene rings is 2. The van der Waals surface area contributed by atoms with Gasteiger partial charge in [0.05, 0.1) is 11.6 Å². The molecule has 2 aromatic carbocycles. The monoisotopic (exact) mass is 422 g/mol. The largest absolute Gasteiger partial charge is 0.355 e. The highest BCUT2D eigenvalue weighted by Gasteiger charge is 2.29. The first-order chi connectivity index (χ1) is 14.6. The van der Waals surface area contributed by atoms with E-state index in [9.17, 15) is 9.18 Å². The van der Waals surface area contributed by atoms with Gasteiger partial charge in [-0.2, -0.15) is 5.10 Å². The molecule has 0 saturated carbocycles. The Morgan fingerprint density at radius 1 is 1.17 bits per heavy atom. The van der Waals surface area contributed by atoms with Gasteiger partial charge in [0.15, 0.2) is 17.3 Å². The molecule has 0 radical (unpaired) electrons. The van der Waals surface area contributed by atoms with Gasteiger partial charge in [0.25, 0.3) is 5.91 Å². The molecule has 1 amide bonds. The average Bonchev–Trinajstić information content (AvgIpc) is 3.43. The lowest BCUT2D eigenvalue weighted by Gasteiger charge is -2.26. The Balaban J connectivity index is 1.42. The Kier molecular flexibility index (Phi) is 4.59. The van der Waals surface area contributed by atoms with Crippen molar-refractivity contribution in [3.63, 3.8) is 0 Å². The minimum absolute atomic E-state index is 0.0315. The minimum atomic E-state index is -0.527. The van der Waals surface area contributed by atoms with Gasteiger partial charge >= 0.3 is 0 Å². The summed E-state index contributed by atoms with van der Waals surface area (Å²) in [5.74, 6) is -0.243. The van der Waals surface area contributed by atoms with Gasteiger partial charge in [0, 0.05) is 41.4 Å². The van der Waals surface area contributed by atoms with Gasteiger partial charge < -0.3 is 9.42 Å². The molecule has 0 aliphatic carbocycles. The van der Waals surface area contributed by atoms with Crippen LogP contribution in [0.2, 0.25) is 5.02 Å². The van der Waals surface area contributed by atoms with E-state index in [1.807, 2.05) is 30.3 Å². The van der Waals surface area contributed by atoms with E-state index in [-0.39, 0.29) is 16.6 Å². The van der Waals surface area contributed by atoms with Gasteiger partial charge in [-0.15, -0.1) is 0 Å². The van der Waals surface area contributed by atoms with Crippen molar-refractivity contribution in [2.24, 2.45) is 0 Å². The van der Waals surface area contributed by atoms with E-state index >= 15 is 0 Å². The third-order valence-electron chi connectivity index (χ3n) is 5.21. The number of rotatable bonds is 3. The van der Waals surface area contributed by atoms with Crippen LogP contribution in [-0.4, -0.2) is 32.7 Å². The van der Waals surface area contributed by atoms with Crippen molar-refractivity contribution in [2.45, 2.75) is 13.0 Å². The maximum absolute atomic E-state index is 14.5. The van der Waals surface area contributed by atoms with Gasteiger partial charge in [-0.25, -0.2) is 4.39 Å². The van der Waals surface area contributed by atoms with Crippen LogP contribution in [0.3, 0.4) is 0 Å². The van der Waals surface area contributed by atoms with Crippen LogP contribution in [-0.2, 0) is 13.0 Å². The van der Waals surface area contributed by atoms with E-state index in [0.29, 0.717) is 36.5 Å². The first kappa shape index (κ1) is 18.6. The van der Waals surface area contributed by atoms with Crippen molar-refractivity contribution < 1.29 is 13.7 Å². The van der Waals surface area contributed by atoms with E-state index in [1.54, 1.807) is 23.1 Å². The van der Waals surface area contributed by atoms with Crippen molar-refractivity contribution in [3.05, 3.63) is 82.4 Å². The van der Waals surface area contributed by atoms with Gasteiger partial charge in [0.2, 0.25) is 0 Å². The number of halogens is 2. The van der Waals surface area contributed by atoms with Crippen LogP contribution < -0.4 is 0 Å². The van der Waals surface area contributed by atoms with Gasteiger partial charge in [-0.1, -0.05) is 53.2 Å². The molecule has 0 atom stereocenters. The molecule has 30 heavy (non-hydrogen) atoms. The van der Waals surface area contributed by atoms with E-state index in [2.05, 4.69) is 15.4 Å². The number of nitrogens with zero attached hydrogens (tertiary/aromatic N) is 3. The second kappa shape index (κ2) is 7.42. The van der Waals surface area contributed by atoms with Crippen LogP contribution in [0, 0.1) is 5.82 Å². The maximum Gasteiger partial charge on any atom is 0.276 e. The number of aromatic amines is 1. The van der Waals surface area contributed by atoms with Crippen molar-refractivity contribution in [1.29, 1.82) is 0 Å². The normalized spacial score (nSPS) is 13.3. The fourth-order valence-electron chi connectivity index (χ4n) is 3.65. The molecule has 150 valence electrons. The highest BCUT2D eigenvalue weighted by atomic mass is 35.5. The highest BCUT2D eigenvalue weighted by molar-refractivity contribution is 6.31. The first-order valence-corrected chi connectivity index (χ1v) is 9.81. The lowest BCUT2D eigenvalue weighted by Crippen LogP contribution is -2.36. The number of aromatic nitrogens is 3. The third-order valence-corrected chi connectivity index (χ3v) is 5.51. The summed E-state index contributed by atoms with van der Waals surface area (Å²) < 4.78 is 19.9. The molecular weight excluding hydrogens is 407 g/mol. The summed E-state index contributed by atoms with van der Waals surface area (Å²) in [6.07, 6.45) is 0.583. The van der Waals surface area contributed by atoms with Crippen molar-refractivity contribution in [1.82, 2.24) is 20.3 Å².